The lowest BCUT2D eigenvalue weighted by molar-refractivity contribution is -0.135. The first kappa shape index (κ1) is 26.4. The highest BCUT2D eigenvalue weighted by Crippen LogP contribution is 2.38. The predicted molar refractivity (Wildman–Crippen MR) is 139 cm³/mol. The Bertz CT molecular complexity index is 1310. The molecule has 2 aromatic heterocycles. The van der Waals surface area contributed by atoms with Gasteiger partial charge in [-0.1, -0.05) is 11.3 Å². The molecule has 4 heterocycles. The number of nitrogen functional groups attached to an aromatic ring is 1. The molecule has 198 valence electrons. The summed E-state index contributed by atoms with van der Waals surface area (Å²) in [5.74, 6) is -0.563. The van der Waals surface area contributed by atoms with Crippen LogP contribution < -0.4 is 20.9 Å². The second-order valence-electron chi connectivity index (χ2n) is 8.30. The van der Waals surface area contributed by atoms with E-state index in [-0.39, 0.29) is 18.0 Å². The first-order valence-electron chi connectivity index (χ1n) is 11.7. The van der Waals surface area contributed by atoms with E-state index < -0.39 is 11.5 Å². The van der Waals surface area contributed by atoms with E-state index in [4.69, 9.17) is 25.1 Å². The Labute approximate surface area is 216 Å². The molecule has 12 nitrogen and oxygen atoms in total. The number of amides is 1. The van der Waals surface area contributed by atoms with E-state index in [2.05, 4.69) is 16.0 Å². The molecule has 5 rings (SSSR count). The molecule has 2 fully saturated rings. The number of thiazole rings is 1. The number of carboxylic acids is 1. The van der Waals surface area contributed by atoms with Crippen LogP contribution in [0.5, 0.6) is 5.75 Å². The maximum Gasteiger partial charge on any atom is 0.335 e. The molecular weight excluding hydrogens is 502 g/mol. The summed E-state index contributed by atoms with van der Waals surface area (Å²) < 4.78 is 18.1. The van der Waals surface area contributed by atoms with Crippen LogP contribution in [0.25, 0.3) is 10.2 Å². The monoisotopic (exact) mass is 531 g/mol. The number of aromatic nitrogens is 2. The Balaban J connectivity index is 0.000000173. The van der Waals surface area contributed by atoms with Crippen molar-refractivity contribution in [3.05, 3.63) is 46.4 Å². The Kier molecular flexibility index (Phi) is 8.58. The zero-order valence-electron chi connectivity index (χ0n) is 20.4. The number of carbonyl (C=O) groups excluding carboxylic acids is 1. The van der Waals surface area contributed by atoms with Crippen molar-refractivity contribution in [3.63, 3.8) is 0 Å². The molecule has 2 aliphatic heterocycles. The minimum atomic E-state index is -1.16. The number of rotatable bonds is 5. The van der Waals surface area contributed by atoms with Crippen molar-refractivity contribution in [2.75, 3.05) is 70.3 Å². The van der Waals surface area contributed by atoms with E-state index in [0.717, 1.165) is 48.3 Å². The average Bonchev–Trinajstić information content (AvgIpc) is 3.31. The number of hydrogen-bond acceptors (Lipinski definition) is 10. The lowest BCUT2D eigenvalue weighted by Gasteiger charge is -2.29. The van der Waals surface area contributed by atoms with Crippen molar-refractivity contribution >= 4 is 44.2 Å². The number of carbonyl (C=O) groups is 2. The third-order valence-corrected chi connectivity index (χ3v) is 6.89. The number of fused-ring (bicyclic) bond motifs is 1. The largest absolute Gasteiger partial charge is 0.494 e. The Morgan fingerprint density at radius 3 is 2.41 bits per heavy atom. The van der Waals surface area contributed by atoms with Gasteiger partial charge in [0.1, 0.15) is 17.8 Å². The fourth-order valence-electron chi connectivity index (χ4n) is 4.03. The number of nitrogens with zero attached hydrogens (tertiary/aromatic N) is 4. The molecule has 3 aromatic rings. The SMILES string of the molecule is COc1ccc(N2CCOCC2)c2sc(N)nc12.O=C(O)c1ccn(CC(=O)N2CCOCC2)c(=O)c1. The lowest BCUT2D eigenvalue weighted by Crippen LogP contribution is -2.43. The maximum atomic E-state index is 11.9. The number of hydrogen-bond donors (Lipinski definition) is 2. The van der Waals surface area contributed by atoms with Crippen molar-refractivity contribution < 1.29 is 28.9 Å². The molecule has 1 amide bonds. The topological polar surface area (TPSA) is 149 Å². The highest BCUT2D eigenvalue weighted by atomic mass is 32.1. The fraction of sp³-hybridized carbons (Fsp3) is 0.417. The van der Waals surface area contributed by atoms with E-state index in [0.29, 0.717) is 31.4 Å². The smallest absolute Gasteiger partial charge is 0.335 e. The number of pyridine rings is 1. The summed E-state index contributed by atoms with van der Waals surface area (Å²) in [6.45, 7) is 5.28. The number of methoxy groups -OCH3 is 1. The standard InChI is InChI=1S/C12H15N3O2S.C12H14N2O5/c1-16-9-3-2-8(15-4-6-17-7-5-15)11-10(9)14-12(13)18-11;15-10-7-9(12(17)18)1-2-14(10)8-11(16)13-3-5-19-6-4-13/h2-3H,4-7H2,1H3,(H2,13,14);1-2,7H,3-6,8H2,(H,17,18). The fourth-order valence-corrected chi connectivity index (χ4v) is 4.93. The van der Waals surface area contributed by atoms with Crippen LogP contribution >= 0.6 is 11.3 Å². The van der Waals surface area contributed by atoms with Gasteiger partial charge in [-0.2, -0.15) is 0 Å². The summed E-state index contributed by atoms with van der Waals surface area (Å²) in [6, 6.07) is 6.33. The Morgan fingerprint density at radius 1 is 1.11 bits per heavy atom. The Hall–Kier alpha value is -3.68. The lowest BCUT2D eigenvalue weighted by atomic mass is 10.2. The first-order valence-corrected chi connectivity index (χ1v) is 12.5. The second kappa shape index (κ2) is 12.0. The van der Waals surface area contributed by atoms with Crippen LogP contribution in [0.1, 0.15) is 10.4 Å². The van der Waals surface area contributed by atoms with Crippen molar-refractivity contribution in [1.82, 2.24) is 14.5 Å². The van der Waals surface area contributed by atoms with E-state index >= 15 is 0 Å². The third-order valence-electron chi connectivity index (χ3n) is 5.99. The van der Waals surface area contributed by atoms with Crippen LogP contribution in [0.2, 0.25) is 0 Å². The minimum absolute atomic E-state index is 0.0833. The van der Waals surface area contributed by atoms with Gasteiger partial charge in [0.05, 0.1) is 49.5 Å². The number of aromatic carboxylic acids is 1. The number of morpholine rings is 2. The molecule has 0 atom stereocenters. The van der Waals surface area contributed by atoms with Gasteiger partial charge in [0, 0.05) is 38.4 Å². The molecule has 1 aromatic carbocycles. The molecule has 0 spiro atoms. The van der Waals surface area contributed by atoms with Gasteiger partial charge in [0.2, 0.25) is 5.91 Å². The summed E-state index contributed by atoms with van der Waals surface area (Å²) in [7, 11) is 1.65. The normalized spacial score (nSPS) is 15.7. The van der Waals surface area contributed by atoms with Crippen LogP contribution in [0.3, 0.4) is 0 Å². The molecule has 3 N–H and O–H groups in total. The van der Waals surface area contributed by atoms with E-state index in [9.17, 15) is 14.4 Å². The van der Waals surface area contributed by atoms with Gasteiger partial charge in [-0.15, -0.1) is 0 Å². The van der Waals surface area contributed by atoms with Crippen molar-refractivity contribution in [2.45, 2.75) is 6.54 Å². The van der Waals surface area contributed by atoms with Gasteiger partial charge >= 0.3 is 5.97 Å². The maximum absolute atomic E-state index is 11.9. The molecule has 0 bridgehead atoms. The first-order chi connectivity index (χ1) is 17.9. The zero-order chi connectivity index (χ0) is 26.4. The average molecular weight is 532 g/mol. The molecule has 0 saturated carbocycles. The van der Waals surface area contributed by atoms with Crippen molar-refractivity contribution in [2.24, 2.45) is 0 Å². The molecule has 2 aliphatic rings. The summed E-state index contributed by atoms with van der Waals surface area (Å²) in [5, 5.41) is 9.32. The summed E-state index contributed by atoms with van der Waals surface area (Å²) in [5.41, 5.74) is 7.26. The molecule has 2 saturated heterocycles. The van der Waals surface area contributed by atoms with Gasteiger partial charge in [0.25, 0.3) is 5.56 Å². The molecule has 0 unspecified atom stereocenters. The van der Waals surface area contributed by atoms with Gasteiger partial charge in [-0.3, -0.25) is 9.59 Å². The van der Waals surface area contributed by atoms with Crippen LogP contribution in [0.4, 0.5) is 10.8 Å². The summed E-state index contributed by atoms with van der Waals surface area (Å²) in [4.78, 5) is 42.6. The number of ether oxygens (including phenoxy) is 3. The molecular formula is C24H29N5O7S. The Morgan fingerprint density at radius 2 is 1.78 bits per heavy atom. The number of benzene rings is 1. The van der Waals surface area contributed by atoms with E-state index in [1.54, 1.807) is 12.0 Å². The van der Waals surface area contributed by atoms with Gasteiger partial charge in [0.15, 0.2) is 5.13 Å². The molecule has 0 aliphatic carbocycles. The quantitative estimate of drug-likeness (QED) is 0.490. The van der Waals surface area contributed by atoms with Crippen LogP contribution in [-0.2, 0) is 20.8 Å². The highest BCUT2D eigenvalue weighted by Gasteiger charge is 2.19. The van der Waals surface area contributed by atoms with Crippen LogP contribution in [0.15, 0.2) is 35.3 Å². The van der Waals surface area contributed by atoms with Crippen LogP contribution in [-0.4, -0.2) is 91.2 Å². The van der Waals surface area contributed by atoms with Gasteiger partial charge in [-0.25, -0.2) is 9.78 Å². The van der Waals surface area contributed by atoms with Gasteiger partial charge < -0.3 is 39.4 Å². The number of nitrogens with two attached hydrogens (primary N) is 1. The van der Waals surface area contributed by atoms with Gasteiger partial charge in [-0.05, 0) is 18.2 Å². The summed E-state index contributed by atoms with van der Waals surface area (Å²) >= 11 is 1.51. The molecule has 13 heteroatoms. The number of carboxylic acid groups (broad SMARTS) is 1. The zero-order valence-corrected chi connectivity index (χ0v) is 21.2. The van der Waals surface area contributed by atoms with Crippen molar-refractivity contribution in [3.8, 4) is 5.75 Å². The highest BCUT2D eigenvalue weighted by molar-refractivity contribution is 7.22. The van der Waals surface area contributed by atoms with E-state index in [1.807, 2.05) is 6.07 Å². The van der Waals surface area contributed by atoms with Crippen LogP contribution in [0, 0.1) is 0 Å². The van der Waals surface area contributed by atoms with E-state index in [1.165, 1.54) is 33.9 Å². The minimum Gasteiger partial charge on any atom is -0.494 e. The third kappa shape index (κ3) is 6.37. The number of anilines is 2. The molecule has 0 radical (unpaired) electrons. The summed E-state index contributed by atoms with van der Waals surface area (Å²) in [6.07, 6.45) is 1.32. The van der Waals surface area contributed by atoms with Crippen molar-refractivity contribution in [1.29, 1.82) is 0 Å². The molecule has 37 heavy (non-hydrogen) atoms. The predicted octanol–water partition coefficient (Wildman–Crippen LogP) is 1.13. The second-order valence-corrected chi connectivity index (χ2v) is 9.33.